The van der Waals surface area contributed by atoms with Crippen LogP contribution in [-0.4, -0.2) is 43.3 Å². The topological polar surface area (TPSA) is 21.7 Å². The fourth-order valence-corrected chi connectivity index (χ4v) is 2.46. The highest BCUT2D eigenvalue weighted by molar-refractivity contribution is 7.80. The molecule has 1 aromatic carbocycles. The van der Waals surface area contributed by atoms with Crippen molar-refractivity contribution >= 4 is 28.8 Å². The van der Waals surface area contributed by atoms with Crippen LogP contribution in [0.2, 0.25) is 5.02 Å². The lowest BCUT2D eigenvalue weighted by atomic mass is 10.1. The molecule has 0 atom stereocenters. The number of halogens is 1. The maximum absolute atomic E-state index is 6.21. The van der Waals surface area contributed by atoms with Crippen LogP contribution in [-0.2, 0) is 11.2 Å². The molecule has 18 heavy (non-hydrogen) atoms. The summed E-state index contributed by atoms with van der Waals surface area (Å²) in [7, 11) is 1.63. The molecule has 0 saturated carbocycles. The molecule has 5 heteroatoms. The van der Waals surface area contributed by atoms with Gasteiger partial charge in [0.1, 0.15) is 5.75 Å². The Bertz CT molecular complexity index is 433. The van der Waals surface area contributed by atoms with E-state index in [0.717, 1.165) is 42.6 Å². The summed E-state index contributed by atoms with van der Waals surface area (Å²) in [6.07, 6.45) is 0.693. The van der Waals surface area contributed by atoms with Gasteiger partial charge < -0.3 is 14.4 Å². The lowest BCUT2D eigenvalue weighted by molar-refractivity contribution is 0.0685. The SMILES string of the molecule is COc1ccc(CC(=S)N2CCOCC2)c(Cl)c1. The van der Waals surface area contributed by atoms with Crippen LogP contribution in [0.15, 0.2) is 18.2 Å². The molecule has 2 rings (SSSR count). The minimum Gasteiger partial charge on any atom is -0.497 e. The largest absolute Gasteiger partial charge is 0.497 e. The first-order valence-corrected chi connectivity index (χ1v) is 6.67. The molecular formula is C13H16ClNO2S. The van der Waals surface area contributed by atoms with Gasteiger partial charge in [-0.3, -0.25) is 0 Å². The third kappa shape index (κ3) is 3.34. The number of rotatable bonds is 3. The Hall–Kier alpha value is -0.840. The van der Waals surface area contributed by atoms with Crippen molar-refractivity contribution in [2.24, 2.45) is 0 Å². The van der Waals surface area contributed by atoms with Crippen LogP contribution >= 0.6 is 23.8 Å². The first kappa shape index (κ1) is 13.6. The number of thiocarbonyl (C=S) groups is 1. The Morgan fingerprint density at radius 3 is 2.78 bits per heavy atom. The van der Waals surface area contributed by atoms with Crippen molar-refractivity contribution in [2.75, 3.05) is 33.4 Å². The molecule has 1 aliphatic heterocycles. The highest BCUT2D eigenvalue weighted by Crippen LogP contribution is 2.23. The molecule has 0 unspecified atom stereocenters. The normalized spacial score (nSPS) is 15.6. The van der Waals surface area contributed by atoms with Gasteiger partial charge >= 0.3 is 0 Å². The van der Waals surface area contributed by atoms with E-state index in [1.54, 1.807) is 7.11 Å². The minimum atomic E-state index is 0.693. The molecule has 1 heterocycles. The fraction of sp³-hybridized carbons (Fsp3) is 0.462. The molecule has 1 aliphatic rings. The average Bonchev–Trinajstić information content (AvgIpc) is 2.42. The van der Waals surface area contributed by atoms with Gasteiger partial charge in [-0.2, -0.15) is 0 Å². The van der Waals surface area contributed by atoms with Crippen molar-refractivity contribution < 1.29 is 9.47 Å². The summed E-state index contributed by atoms with van der Waals surface area (Å²) in [5, 5.41) is 0.699. The predicted octanol–water partition coefficient (Wildman–Crippen LogP) is 2.55. The van der Waals surface area contributed by atoms with Crippen molar-refractivity contribution in [1.29, 1.82) is 0 Å². The highest BCUT2D eigenvalue weighted by atomic mass is 35.5. The first-order chi connectivity index (χ1) is 8.70. The number of benzene rings is 1. The zero-order chi connectivity index (χ0) is 13.0. The van der Waals surface area contributed by atoms with Crippen molar-refractivity contribution in [3.63, 3.8) is 0 Å². The van der Waals surface area contributed by atoms with Crippen LogP contribution in [0.5, 0.6) is 5.75 Å². The summed E-state index contributed by atoms with van der Waals surface area (Å²) in [6.45, 7) is 3.23. The standard InChI is InChI=1S/C13H16ClNO2S/c1-16-11-3-2-10(12(14)9-11)8-13(18)15-4-6-17-7-5-15/h2-3,9H,4-8H2,1H3. The number of hydrogen-bond donors (Lipinski definition) is 0. The molecule has 0 N–H and O–H groups in total. The van der Waals surface area contributed by atoms with Gasteiger partial charge in [-0.15, -0.1) is 0 Å². The van der Waals surface area contributed by atoms with E-state index in [1.165, 1.54) is 0 Å². The summed E-state index contributed by atoms with van der Waals surface area (Å²) in [4.78, 5) is 3.10. The average molecular weight is 286 g/mol. The van der Waals surface area contributed by atoms with E-state index in [0.29, 0.717) is 11.4 Å². The number of hydrogen-bond acceptors (Lipinski definition) is 3. The first-order valence-electron chi connectivity index (χ1n) is 5.88. The quantitative estimate of drug-likeness (QED) is 0.796. The predicted molar refractivity (Wildman–Crippen MR) is 76.7 cm³/mol. The van der Waals surface area contributed by atoms with Crippen LogP contribution in [0.4, 0.5) is 0 Å². The van der Waals surface area contributed by atoms with Gasteiger partial charge in [-0.25, -0.2) is 0 Å². The lowest BCUT2D eigenvalue weighted by Crippen LogP contribution is -2.40. The van der Waals surface area contributed by atoms with Crippen molar-refractivity contribution in [1.82, 2.24) is 4.90 Å². The van der Waals surface area contributed by atoms with Crippen LogP contribution in [0.3, 0.4) is 0 Å². The Balaban J connectivity index is 2.02. The maximum Gasteiger partial charge on any atom is 0.120 e. The Kier molecular flexibility index (Phi) is 4.80. The van der Waals surface area contributed by atoms with Crippen molar-refractivity contribution in [2.45, 2.75) is 6.42 Å². The number of ether oxygens (including phenoxy) is 2. The summed E-state index contributed by atoms with van der Waals surface area (Å²) in [5.41, 5.74) is 1.04. The smallest absolute Gasteiger partial charge is 0.120 e. The summed E-state index contributed by atoms with van der Waals surface area (Å²) in [6, 6.07) is 5.69. The number of morpholine rings is 1. The Labute approximate surface area is 118 Å². The molecule has 0 radical (unpaired) electrons. The van der Waals surface area contributed by atoms with Gasteiger partial charge in [0.25, 0.3) is 0 Å². The van der Waals surface area contributed by atoms with Crippen molar-refractivity contribution in [3.05, 3.63) is 28.8 Å². The van der Waals surface area contributed by atoms with Gasteiger partial charge in [-0.1, -0.05) is 29.9 Å². The van der Waals surface area contributed by atoms with E-state index in [9.17, 15) is 0 Å². The molecular weight excluding hydrogens is 270 g/mol. The number of nitrogens with zero attached hydrogens (tertiary/aromatic N) is 1. The summed E-state index contributed by atoms with van der Waals surface area (Å²) in [5.74, 6) is 0.765. The van der Waals surface area contributed by atoms with Crippen LogP contribution in [0.1, 0.15) is 5.56 Å². The fourth-order valence-electron chi connectivity index (χ4n) is 1.89. The van der Waals surface area contributed by atoms with Crippen LogP contribution in [0.25, 0.3) is 0 Å². The second kappa shape index (κ2) is 6.36. The molecule has 1 saturated heterocycles. The van der Waals surface area contributed by atoms with Crippen LogP contribution < -0.4 is 4.74 Å². The maximum atomic E-state index is 6.21. The third-order valence-corrected chi connectivity index (χ3v) is 3.72. The van der Waals surface area contributed by atoms with E-state index in [2.05, 4.69) is 4.90 Å². The van der Waals surface area contributed by atoms with Crippen LogP contribution in [0, 0.1) is 0 Å². The minimum absolute atomic E-state index is 0.693. The summed E-state index contributed by atoms with van der Waals surface area (Å²) < 4.78 is 10.4. The molecule has 3 nitrogen and oxygen atoms in total. The molecule has 0 aromatic heterocycles. The molecule has 1 aromatic rings. The monoisotopic (exact) mass is 285 g/mol. The molecule has 98 valence electrons. The van der Waals surface area contributed by atoms with E-state index in [1.807, 2.05) is 18.2 Å². The van der Waals surface area contributed by atoms with Gasteiger partial charge in [0.2, 0.25) is 0 Å². The molecule has 0 spiro atoms. The Morgan fingerprint density at radius 2 is 2.17 bits per heavy atom. The lowest BCUT2D eigenvalue weighted by Gasteiger charge is -2.29. The molecule has 0 aliphatic carbocycles. The Morgan fingerprint density at radius 1 is 1.44 bits per heavy atom. The zero-order valence-electron chi connectivity index (χ0n) is 10.3. The van der Waals surface area contributed by atoms with E-state index >= 15 is 0 Å². The van der Waals surface area contributed by atoms with Gasteiger partial charge in [0.15, 0.2) is 0 Å². The molecule has 0 amide bonds. The molecule has 0 bridgehead atoms. The van der Waals surface area contributed by atoms with Gasteiger partial charge in [-0.05, 0) is 17.7 Å². The third-order valence-electron chi connectivity index (χ3n) is 2.97. The number of methoxy groups -OCH3 is 1. The van der Waals surface area contributed by atoms with Crippen molar-refractivity contribution in [3.8, 4) is 5.75 Å². The van der Waals surface area contributed by atoms with E-state index in [4.69, 9.17) is 33.3 Å². The highest BCUT2D eigenvalue weighted by Gasteiger charge is 2.15. The van der Waals surface area contributed by atoms with Gasteiger partial charge in [0, 0.05) is 24.5 Å². The molecule has 1 fully saturated rings. The van der Waals surface area contributed by atoms with E-state index in [-0.39, 0.29) is 0 Å². The second-order valence-electron chi connectivity index (χ2n) is 4.13. The van der Waals surface area contributed by atoms with Gasteiger partial charge in [0.05, 0.1) is 25.3 Å². The zero-order valence-corrected chi connectivity index (χ0v) is 11.9. The van der Waals surface area contributed by atoms with E-state index < -0.39 is 0 Å². The second-order valence-corrected chi connectivity index (χ2v) is 5.01. The summed E-state index contributed by atoms with van der Waals surface area (Å²) >= 11 is 11.7.